The van der Waals surface area contributed by atoms with Crippen LogP contribution < -0.4 is 30.0 Å². The molecule has 7 nitrogen and oxygen atoms in total. The molecular formula is C14H22N2O5. The van der Waals surface area contributed by atoms with Crippen LogP contribution >= 0.6 is 0 Å². The van der Waals surface area contributed by atoms with Crippen molar-refractivity contribution in [3.63, 3.8) is 0 Å². The van der Waals surface area contributed by atoms with Crippen LogP contribution in [0.1, 0.15) is 6.42 Å². The van der Waals surface area contributed by atoms with Crippen LogP contribution in [0, 0.1) is 0 Å². The van der Waals surface area contributed by atoms with E-state index >= 15 is 0 Å². The zero-order valence-electron chi connectivity index (χ0n) is 12.8. The lowest BCUT2D eigenvalue weighted by molar-refractivity contribution is -0.120. The summed E-state index contributed by atoms with van der Waals surface area (Å²) in [6.45, 7) is 0.326. The first-order chi connectivity index (χ1) is 10.1. The van der Waals surface area contributed by atoms with Crippen LogP contribution in [0.5, 0.6) is 23.0 Å². The standard InChI is InChI=1S/C14H22N2O5/c1-16-10(14(15)17)5-6-21-9-7-11(18-2)13(20-4)12(8-9)19-3/h7-8,10,16H,5-6H2,1-4H3,(H2,15,17). The number of carbonyl (C=O) groups excluding carboxylic acids is 1. The van der Waals surface area contributed by atoms with Crippen molar-refractivity contribution in [3.8, 4) is 23.0 Å². The van der Waals surface area contributed by atoms with E-state index in [-0.39, 0.29) is 0 Å². The molecule has 0 aliphatic carbocycles. The lowest BCUT2D eigenvalue weighted by Crippen LogP contribution is -2.40. The first kappa shape index (κ1) is 16.9. The van der Waals surface area contributed by atoms with Gasteiger partial charge < -0.3 is 30.0 Å². The fourth-order valence-electron chi connectivity index (χ4n) is 1.86. The van der Waals surface area contributed by atoms with Crippen LogP contribution in [0.15, 0.2) is 12.1 Å². The van der Waals surface area contributed by atoms with Crippen molar-refractivity contribution < 1.29 is 23.7 Å². The third kappa shape index (κ3) is 4.42. The normalized spacial score (nSPS) is 11.6. The Hall–Kier alpha value is -2.15. The van der Waals surface area contributed by atoms with Crippen molar-refractivity contribution in [3.05, 3.63) is 12.1 Å². The van der Waals surface area contributed by atoms with Crippen LogP contribution in [0.3, 0.4) is 0 Å². The highest BCUT2D eigenvalue weighted by Gasteiger charge is 2.15. The largest absolute Gasteiger partial charge is 0.493 e. The first-order valence-corrected chi connectivity index (χ1v) is 6.46. The molecule has 1 amide bonds. The summed E-state index contributed by atoms with van der Waals surface area (Å²) in [5.41, 5.74) is 5.24. The van der Waals surface area contributed by atoms with Crippen molar-refractivity contribution in [1.29, 1.82) is 0 Å². The van der Waals surface area contributed by atoms with E-state index in [0.717, 1.165) is 0 Å². The zero-order valence-corrected chi connectivity index (χ0v) is 12.8. The van der Waals surface area contributed by atoms with E-state index in [1.165, 1.54) is 21.3 Å². The van der Waals surface area contributed by atoms with E-state index in [9.17, 15) is 4.79 Å². The molecular weight excluding hydrogens is 276 g/mol. The van der Waals surface area contributed by atoms with E-state index in [2.05, 4.69) is 5.32 Å². The second-order valence-electron chi connectivity index (χ2n) is 4.24. The van der Waals surface area contributed by atoms with E-state index in [1.54, 1.807) is 19.2 Å². The molecule has 1 aromatic rings. The summed E-state index contributed by atoms with van der Waals surface area (Å²) in [5.74, 6) is 1.66. The predicted molar refractivity (Wildman–Crippen MR) is 78.3 cm³/mol. The van der Waals surface area contributed by atoms with Gasteiger partial charge in [0.25, 0.3) is 0 Å². The molecule has 1 aromatic carbocycles. The number of methoxy groups -OCH3 is 3. The van der Waals surface area contributed by atoms with Gasteiger partial charge in [0.2, 0.25) is 11.7 Å². The number of benzene rings is 1. The number of ether oxygens (including phenoxy) is 4. The molecule has 0 bridgehead atoms. The lowest BCUT2D eigenvalue weighted by atomic mass is 10.2. The Morgan fingerprint density at radius 2 is 1.76 bits per heavy atom. The van der Waals surface area contributed by atoms with Crippen molar-refractivity contribution in [2.45, 2.75) is 12.5 Å². The van der Waals surface area contributed by atoms with Crippen LogP contribution in [-0.4, -0.2) is 46.9 Å². The highest BCUT2D eigenvalue weighted by molar-refractivity contribution is 5.79. The fraction of sp³-hybridized carbons (Fsp3) is 0.500. The van der Waals surface area contributed by atoms with Gasteiger partial charge in [-0.3, -0.25) is 4.79 Å². The summed E-state index contributed by atoms with van der Waals surface area (Å²) in [5, 5.41) is 2.83. The van der Waals surface area contributed by atoms with Gasteiger partial charge >= 0.3 is 0 Å². The summed E-state index contributed by atoms with van der Waals surface area (Å²) in [4.78, 5) is 11.1. The number of nitrogens with one attached hydrogen (secondary N) is 1. The summed E-state index contributed by atoms with van der Waals surface area (Å²) in [6, 6.07) is 2.96. The van der Waals surface area contributed by atoms with Crippen molar-refractivity contribution in [2.75, 3.05) is 35.0 Å². The van der Waals surface area contributed by atoms with Gasteiger partial charge in [0, 0.05) is 18.6 Å². The Kier molecular flexibility index (Phi) is 6.61. The maximum absolute atomic E-state index is 11.1. The third-order valence-corrected chi connectivity index (χ3v) is 3.01. The van der Waals surface area contributed by atoms with Gasteiger partial charge in [-0.15, -0.1) is 0 Å². The van der Waals surface area contributed by atoms with Crippen molar-refractivity contribution in [2.24, 2.45) is 5.73 Å². The SMILES string of the molecule is CNC(CCOc1cc(OC)c(OC)c(OC)c1)C(N)=O. The van der Waals surface area contributed by atoms with Gasteiger partial charge in [-0.05, 0) is 7.05 Å². The number of rotatable bonds is 9. The summed E-state index contributed by atoms with van der Waals surface area (Å²) in [6.07, 6.45) is 0.461. The first-order valence-electron chi connectivity index (χ1n) is 6.46. The fourth-order valence-corrected chi connectivity index (χ4v) is 1.86. The Balaban J connectivity index is 2.77. The second-order valence-corrected chi connectivity index (χ2v) is 4.24. The molecule has 0 radical (unpaired) electrons. The Morgan fingerprint density at radius 1 is 1.19 bits per heavy atom. The van der Waals surface area contributed by atoms with E-state index < -0.39 is 11.9 Å². The molecule has 0 heterocycles. The maximum atomic E-state index is 11.1. The van der Waals surface area contributed by atoms with Gasteiger partial charge in [-0.25, -0.2) is 0 Å². The Morgan fingerprint density at radius 3 is 2.14 bits per heavy atom. The minimum Gasteiger partial charge on any atom is -0.493 e. The second kappa shape index (κ2) is 8.21. The molecule has 1 unspecified atom stereocenters. The maximum Gasteiger partial charge on any atom is 0.234 e. The van der Waals surface area contributed by atoms with Crippen LogP contribution in [0.25, 0.3) is 0 Å². The topological polar surface area (TPSA) is 92.0 Å². The molecule has 0 aromatic heterocycles. The van der Waals surface area contributed by atoms with Gasteiger partial charge in [0.1, 0.15) is 5.75 Å². The van der Waals surface area contributed by atoms with Gasteiger partial charge in [0.05, 0.1) is 34.0 Å². The monoisotopic (exact) mass is 298 g/mol. The highest BCUT2D eigenvalue weighted by atomic mass is 16.5. The summed E-state index contributed by atoms with van der Waals surface area (Å²) < 4.78 is 21.3. The molecule has 7 heteroatoms. The average Bonchev–Trinajstić information content (AvgIpc) is 2.49. The minimum absolute atomic E-state index is 0.326. The average molecular weight is 298 g/mol. The van der Waals surface area contributed by atoms with E-state index in [0.29, 0.717) is 36.0 Å². The van der Waals surface area contributed by atoms with Crippen molar-refractivity contribution >= 4 is 5.91 Å². The molecule has 0 aliphatic heterocycles. The quantitative estimate of drug-likeness (QED) is 0.692. The minimum atomic E-state index is -0.424. The number of amides is 1. The zero-order chi connectivity index (χ0) is 15.8. The van der Waals surface area contributed by atoms with Crippen LogP contribution in [0.2, 0.25) is 0 Å². The predicted octanol–water partition coefficient (Wildman–Crippen LogP) is 0.555. The van der Waals surface area contributed by atoms with Crippen LogP contribution in [-0.2, 0) is 4.79 Å². The molecule has 0 fully saturated rings. The molecule has 0 saturated carbocycles. The van der Waals surface area contributed by atoms with Gasteiger partial charge in [-0.2, -0.15) is 0 Å². The number of carbonyl (C=O) groups is 1. The molecule has 1 rings (SSSR count). The van der Waals surface area contributed by atoms with E-state index in [4.69, 9.17) is 24.7 Å². The number of hydrogen-bond acceptors (Lipinski definition) is 6. The molecule has 1 atom stereocenters. The number of hydrogen-bond donors (Lipinski definition) is 2. The molecule has 3 N–H and O–H groups in total. The van der Waals surface area contributed by atoms with Crippen LogP contribution in [0.4, 0.5) is 0 Å². The van der Waals surface area contributed by atoms with Crippen molar-refractivity contribution in [1.82, 2.24) is 5.32 Å². The molecule has 118 valence electrons. The molecule has 0 saturated heterocycles. The number of likely N-dealkylation sites (N-methyl/N-ethyl adjacent to an activating group) is 1. The summed E-state index contributed by atoms with van der Waals surface area (Å²) >= 11 is 0. The molecule has 0 aliphatic rings. The number of nitrogens with two attached hydrogens (primary N) is 1. The Labute approximate surface area is 124 Å². The summed E-state index contributed by atoms with van der Waals surface area (Å²) in [7, 11) is 6.27. The lowest BCUT2D eigenvalue weighted by Gasteiger charge is -2.16. The smallest absolute Gasteiger partial charge is 0.234 e. The Bertz CT molecular complexity index is 453. The highest BCUT2D eigenvalue weighted by Crippen LogP contribution is 2.40. The van der Waals surface area contributed by atoms with Gasteiger partial charge in [-0.1, -0.05) is 0 Å². The van der Waals surface area contributed by atoms with Gasteiger partial charge in [0.15, 0.2) is 11.5 Å². The number of primary amides is 1. The molecule has 0 spiro atoms. The third-order valence-electron chi connectivity index (χ3n) is 3.01. The van der Waals surface area contributed by atoms with E-state index in [1.807, 2.05) is 0 Å². The molecule has 21 heavy (non-hydrogen) atoms.